The van der Waals surface area contributed by atoms with Crippen LogP contribution in [0.5, 0.6) is 0 Å². The average Bonchev–Trinajstić information content (AvgIpc) is 3.68. The van der Waals surface area contributed by atoms with E-state index in [9.17, 15) is 19.2 Å². The number of benzene rings is 2. The highest BCUT2D eigenvalue weighted by Gasteiger charge is 2.45. The molecule has 8 rings (SSSR count). The van der Waals surface area contributed by atoms with Crippen molar-refractivity contribution in [1.82, 2.24) is 34.6 Å². The van der Waals surface area contributed by atoms with Crippen molar-refractivity contribution in [2.45, 2.75) is 25.8 Å². The van der Waals surface area contributed by atoms with E-state index in [1.807, 2.05) is 41.8 Å². The van der Waals surface area contributed by atoms with Crippen molar-refractivity contribution in [2.24, 2.45) is 0 Å². The largest absolute Gasteiger partial charge is 0.384 e. The lowest BCUT2D eigenvalue weighted by Gasteiger charge is -2.36. The minimum atomic E-state index is -1.02. The molecule has 5 aromatic rings. The lowest BCUT2D eigenvalue weighted by atomic mass is 10.0. The Morgan fingerprint density at radius 2 is 1.72 bits per heavy atom. The number of ether oxygens (including phenoxy) is 2. The maximum atomic E-state index is 15.7. The number of nitrogen functional groups attached to an aromatic ring is 1. The van der Waals surface area contributed by atoms with Gasteiger partial charge in [0.15, 0.2) is 5.65 Å². The van der Waals surface area contributed by atoms with Crippen molar-refractivity contribution in [3.05, 3.63) is 89.6 Å². The van der Waals surface area contributed by atoms with Crippen LogP contribution in [-0.2, 0) is 19.1 Å². The predicted octanol–water partition coefficient (Wildman–Crippen LogP) is 3.18. The van der Waals surface area contributed by atoms with Gasteiger partial charge in [0, 0.05) is 69.2 Å². The summed E-state index contributed by atoms with van der Waals surface area (Å²) in [5.74, 6) is -1.38. The lowest BCUT2D eigenvalue weighted by molar-refractivity contribution is -0.136. The number of hydrogen-bond acceptors (Lipinski definition) is 13. The average molecular weight is 791 g/mol. The first-order valence-corrected chi connectivity index (χ1v) is 19.3. The first-order valence-electron chi connectivity index (χ1n) is 19.3. The number of imidazole rings is 1. The quantitative estimate of drug-likeness (QED) is 0.110. The molecule has 16 nitrogen and oxygen atoms in total. The molecule has 4 N–H and O–H groups in total. The Bertz CT molecular complexity index is 2400. The summed E-state index contributed by atoms with van der Waals surface area (Å²) in [6, 6.07) is 16.6. The molecule has 1 unspecified atom stereocenters. The van der Waals surface area contributed by atoms with E-state index in [2.05, 4.69) is 30.4 Å². The molecule has 0 spiro atoms. The molecule has 3 aromatic heterocycles. The number of hydrogen-bond donors (Lipinski definition) is 3. The zero-order valence-electron chi connectivity index (χ0n) is 31.9. The zero-order valence-corrected chi connectivity index (χ0v) is 31.9. The van der Waals surface area contributed by atoms with Gasteiger partial charge in [-0.15, -0.1) is 0 Å². The number of piperidine rings is 1. The van der Waals surface area contributed by atoms with E-state index in [0.29, 0.717) is 85.9 Å². The number of nitrogens with zero attached hydrogens (tertiary/aromatic N) is 7. The summed E-state index contributed by atoms with van der Waals surface area (Å²) in [7, 11) is 0. The van der Waals surface area contributed by atoms with Crippen molar-refractivity contribution < 1.29 is 33.0 Å². The molecule has 1 atom stereocenters. The van der Waals surface area contributed by atoms with Crippen LogP contribution < -0.4 is 21.3 Å². The third kappa shape index (κ3) is 7.83. The van der Waals surface area contributed by atoms with Crippen molar-refractivity contribution in [2.75, 3.05) is 81.6 Å². The molecule has 300 valence electrons. The molecule has 2 fully saturated rings. The molecule has 2 saturated heterocycles. The van der Waals surface area contributed by atoms with E-state index in [0.717, 1.165) is 35.8 Å². The molecular formula is C41H43FN10O6. The molecular weight excluding hydrogens is 748 g/mol. The number of aromatic nitrogens is 4. The molecule has 0 radical (unpaired) electrons. The molecule has 3 aliphatic rings. The van der Waals surface area contributed by atoms with E-state index in [1.165, 1.54) is 6.07 Å². The lowest BCUT2D eigenvalue weighted by Crippen LogP contribution is -2.54. The van der Waals surface area contributed by atoms with Gasteiger partial charge in [-0.3, -0.25) is 38.9 Å². The minimum Gasteiger partial charge on any atom is -0.384 e. The van der Waals surface area contributed by atoms with E-state index >= 15 is 4.39 Å². The number of carbonyl (C=O) groups excluding carboxylic acids is 4. The summed E-state index contributed by atoms with van der Waals surface area (Å²) < 4.78 is 29.1. The number of nitrogens with one attached hydrogen (secondary N) is 2. The standard InChI is InChI=1S/C41H43FN10O6/c1-25-46-32-7-6-30(26-11-12-45-35(43)23-26)47-38(32)51(25)27-5-8-33(29(42)24-27)50-16-14-49(15-17-50)18-20-58-22-21-57-19-13-44-31-4-2-3-28-37(31)41(56)52(40(28)55)34-9-10-36(53)48-39(34)54/h2-8,11-12,23-24,34,44H,9-10,13-22H2,1H3,(H2,43,45)(H,48,53,54). The predicted molar refractivity (Wildman–Crippen MR) is 213 cm³/mol. The van der Waals surface area contributed by atoms with Crippen molar-refractivity contribution in [1.29, 1.82) is 0 Å². The van der Waals surface area contributed by atoms with Crippen molar-refractivity contribution in [3.63, 3.8) is 0 Å². The first-order chi connectivity index (χ1) is 28.2. The van der Waals surface area contributed by atoms with E-state index in [-0.39, 0.29) is 29.8 Å². The zero-order chi connectivity index (χ0) is 40.3. The molecule has 58 heavy (non-hydrogen) atoms. The number of piperazine rings is 1. The van der Waals surface area contributed by atoms with Gasteiger partial charge in [-0.1, -0.05) is 6.07 Å². The molecule has 3 aliphatic heterocycles. The number of anilines is 3. The van der Waals surface area contributed by atoms with Crippen LogP contribution in [0.25, 0.3) is 28.1 Å². The number of nitrogens with two attached hydrogens (primary N) is 1. The highest BCUT2D eigenvalue weighted by atomic mass is 19.1. The number of rotatable bonds is 14. The van der Waals surface area contributed by atoms with Crippen LogP contribution in [0, 0.1) is 12.7 Å². The molecule has 0 saturated carbocycles. The second-order valence-electron chi connectivity index (χ2n) is 14.3. The Labute approximate surface area is 333 Å². The summed E-state index contributed by atoms with van der Waals surface area (Å²) in [5, 5.41) is 5.37. The molecule has 17 heteroatoms. The third-order valence-electron chi connectivity index (χ3n) is 10.6. The molecule has 4 amide bonds. The fraction of sp³-hybridized carbons (Fsp3) is 0.341. The van der Waals surface area contributed by atoms with Crippen LogP contribution in [0.4, 0.5) is 21.6 Å². The van der Waals surface area contributed by atoms with Gasteiger partial charge in [-0.05, 0) is 61.9 Å². The van der Waals surface area contributed by atoms with E-state index in [4.69, 9.17) is 20.2 Å². The number of fused-ring (bicyclic) bond motifs is 2. The summed E-state index contributed by atoms with van der Waals surface area (Å²) in [6.07, 6.45) is 1.80. The number of amides is 4. The topological polar surface area (TPSA) is 190 Å². The second kappa shape index (κ2) is 16.7. The van der Waals surface area contributed by atoms with Crippen molar-refractivity contribution in [3.8, 4) is 16.9 Å². The maximum absolute atomic E-state index is 15.7. The summed E-state index contributed by atoms with van der Waals surface area (Å²) in [5.41, 5.74) is 10.9. The van der Waals surface area contributed by atoms with Gasteiger partial charge in [0.25, 0.3) is 11.8 Å². The van der Waals surface area contributed by atoms with E-state index in [1.54, 1.807) is 30.5 Å². The number of pyridine rings is 2. The Kier molecular flexibility index (Phi) is 11.1. The van der Waals surface area contributed by atoms with Crippen LogP contribution in [0.1, 0.15) is 39.4 Å². The maximum Gasteiger partial charge on any atom is 0.264 e. The number of aryl methyl sites for hydroxylation is 1. The Hall–Kier alpha value is -6.30. The van der Waals surface area contributed by atoms with Crippen LogP contribution >= 0.6 is 0 Å². The smallest absolute Gasteiger partial charge is 0.264 e. The summed E-state index contributed by atoms with van der Waals surface area (Å²) >= 11 is 0. The Morgan fingerprint density at radius 3 is 2.50 bits per heavy atom. The molecule has 0 aliphatic carbocycles. The van der Waals surface area contributed by atoms with Gasteiger partial charge in [0.05, 0.1) is 54.6 Å². The fourth-order valence-corrected chi connectivity index (χ4v) is 7.69. The first kappa shape index (κ1) is 38.6. The summed E-state index contributed by atoms with van der Waals surface area (Å²) in [6.45, 7) is 7.56. The van der Waals surface area contributed by atoms with Gasteiger partial charge in [0.1, 0.15) is 29.0 Å². The highest BCUT2D eigenvalue weighted by molar-refractivity contribution is 6.25. The van der Waals surface area contributed by atoms with Gasteiger partial charge in [-0.2, -0.15) is 0 Å². The number of halogens is 1. The third-order valence-corrected chi connectivity index (χ3v) is 10.6. The van der Waals surface area contributed by atoms with Gasteiger partial charge >= 0.3 is 0 Å². The van der Waals surface area contributed by atoms with Crippen LogP contribution in [0.2, 0.25) is 0 Å². The van der Waals surface area contributed by atoms with Gasteiger partial charge in [0.2, 0.25) is 11.8 Å². The van der Waals surface area contributed by atoms with Crippen LogP contribution in [0.15, 0.2) is 66.9 Å². The van der Waals surface area contributed by atoms with Crippen LogP contribution in [-0.4, -0.2) is 125 Å². The highest BCUT2D eigenvalue weighted by Crippen LogP contribution is 2.33. The molecule has 6 heterocycles. The van der Waals surface area contributed by atoms with Gasteiger partial charge in [-0.25, -0.2) is 19.3 Å². The fourth-order valence-electron chi connectivity index (χ4n) is 7.69. The normalized spacial score (nSPS) is 17.3. The van der Waals surface area contributed by atoms with Gasteiger partial charge < -0.3 is 25.4 Å². The molecule has 0 bridgehead atoms. The van der Waals surface area contributed by atoms with Crippen LogP contribution in [0.3, 0.4) is 0 Å². The Morgan fingerprint density at radius 1 is 0.914 bits per heavy atom. The Balaban J connectivity index is 0.752. The second-order valence-corrected chi connectivity index (χ2v) is 14.3. The van der Waals surface area contributed by atoms with E-state index < -0.39 is 29.7 Å². The number of carbonyl (C=O) groups is 4. The SMILES string of the molecule is Cc1nc2ccc(-c3ccnc(N)c3)nc2n1-c1ccc(N2CCN(CCOCCOCCNc3cccc4c3C(=O)N(C3CCC(=O)NC3=O)C4=O)CC2)c(F)c1. The monoisotopic (exact) mass is 790 g/mol. The number of imide groups is 2. The minimum absolute atomic E-state index is 0.0603. The molecule has 2 aromatic carbocycles. The van der Waals surface area contributed by atoms with Crippen molar-refractivity contribution >= 4 is 52.0 Å². The summed E-state index contributed by atoms with van der Waals surface area (Å²) in [4.78, 5) is 69.1.